The molecule has 0 fully saturated rings. The van der Waals surface area contributed by atoms with E-state index in [1.54, 1.807) is 0 Å². The molecule has 0 aliphatic rings. The highest BCUT2D eigenvalue weighted by atomic mass is 31.1. The first kappa shape index (κ1) is 11.4. The van der Waals surface area contributed by atoms with Gasteiger partial charge >= 0.3 is 8.69 Å². The Bertz CT molecular complexity index is 41.0. The predicted octanol–water partition coefficient (Wildman–Crippen LogP) is 1.48. The molecule has 0 aromatic carbocycles. The van der Waals surface area contributed by atoms with Gasteiger partial charge in [0.05, 0.1) is 0 Å². The molecule has 4 heteroatoms. The van der Waals surface area contributed by atoms with Crippen LogP contribution in [0.1, 0.15) is 13.8 Å². The minimum atomic E-state index is -0.833. The van der Waals surface area contributed by atoms with E-state index < -0.39 is 8.69 Å². The normalized spacial score (nSPS) is 7.38. The smallest absolute Gasteiger partial charge is 0.310 e. The molecule has 0 bridgehead atoms. The van der Waals surface area contributed by atoms with Gasteiger partial charge in [-0.25, -0.2) is 4.57 Å². The van der Waals surface area contributed by atoms with Crippen LogP contribution in [0.15, 0.2) is 0 Å². The van der Waals surface area contributed by atoms with Crippen molar-refractivity contribution in [3.05, 3.63) is 0 Å². The molecular formula is C4H12AlO2P. The minimum absolute atomic E-state index is 0.432. The minimum Gasteiger partial charge on any atom is -0.310 e. The maximum absolute atomic E-state index is 8.46. The van der Waals surface area contributed by atoms with Crippen LogP contribution in [0.25, 0.3) is 0 Å². The van der Waals surface area contributed by atoms with E-state index in [1.165, 1.54) is 10.6 Å². The topological polar surface area (TPSA) is 37.3 Å². The van der Waals surface area contributed by atoms with Gasteiger partial charge in [-0.2, -0.15) is 0 Å². The molecule has 0 amide bonds. The first-order valence-electron chi connectivity index (χ1n) is 2.80. The van der Waals surface area contributed by atoms with Crippen LogP contribution in [0.2, 0.25) is 10.6 Å². The molecule has 0 heterocycles. The first-order valence-corrected chi connectivity index (χ1v) is 5.56. The molecule has 0 spiro atoms. The van der Waals surface area contributed by atoms with Crippen molar-refractivity contribution in [3.8, 4) is 0 Å². The summed E-state index contributed by atoms with van der Waals surface area (Å²) in [4.78, 5) is 6.99. The lowest BCUT2D eigenvalue weighted by Gasteiger charge is -1.73. The van der Waals surface area contributed by atoms with Crippen molar-refractivity contribution in [1.29, 1.82) is 0 Å². The fourth-order valence-electron chi connectivity index (χ4n) is 0.354. The quantitative estimate of drug-likeness (QED) is 0.478. The van der Waals surface area contributed by atoms with Crippen molar-refractivity contribution in [3.63, 3.8) is 0 Å². The second kappa shape index (κ2) is 15.6. The summed E-state index contributed by atoms with van der Waals surface area (Å²) in [5.74, 6) is 0. The van der Waals surface area contributed by atoms with Crippen molar-refractivity contribution in [2.75, 3.05) is 0 Å². The van der Waals surface area contributed by atoms with E-state index in [0.717, 1.165) is 0 Å². The molecule has 0 aromatic rings. The fourth-order valence-corrected chi connectivity index (χ4v) is 1.06. The number of rotatable bonds is 2. The van der Waals surface area contributed by atoms with Gasteiger partial charge in [0.15, 0.2) is 0 Å². The van der Waals surface area contributed by atoms with Crippen LogP contribution >= 0.6 is 8.69 Å². The summed E-state index contributed by atoms with van der Waals surface area (Å²) in [7, 11) is -0.833. The van der Waals surface area contributed by atoms with Crippen molar-refractivity contribution >= 4 is 23.9 Å². The second-order valence-corrected chi connectivity index (χ2v) is 4.31. The molecule has 0 aliphatic carbocycles. The summed E-state index contributed by atoms with van der Waals surface area (Å²) in [5.41, 5.74) is 0. The molecular weight excluding hydrogens is 138 g/mol. The Morgan fingerprint density at radius 3 is 1.75 bits per heavy atom. The van der Waals surface area contributed by atoms with Crippen LogP contribution in [-0.2, 0) is 4.57 Å². The van der Waals surface area contributed by atoms with E-state index in [-0.39, 0.29) is 0 Å². The Balaban J connectivity index is 0. The fraction of sp³-hybridized carbons (Fsp3) is 1.00. The van der Waals surface area contributed by atoms with Crippen molar-refractivity contribution in [2.45, 2.75) is 24.4 Å². The summed E-state index contributed by atoms with van der Waals surface area (Å²) < 4.78 is 8.46. The maximum Gasteiger partial charge on any atom is 0.324 e. The molecule has 0 rings (SSSR count). The molecule has 0 saturated carbocycles. The van der Waals surface area contributed by atoms with E-state index in [4.69, 9.17) is 9.46 Å². The summed E-state index contributed by atoms with van der Waals surface area (Å²) in [5, 5.41) is 2.97. The molecule has 48 valence electrons. The Morgan fingerprint density at radius 2 is 1.75 bits per heavy atom. The highest BCUT2D eigenvalue weighted by molar-refractivity contribution is 7.16. The van der Waals surface area contributed by atoms with Crippen LogP contribution in [0.5, 0.6) is 0 Å². The third-order valence-corrected chi connectivity index (χ3v) is 2.12. The molecule has 8 heavy (non-hydrogen) atoms. The highest BCUT2D eigenvalue weighted by Gasteiger charge is 1.76. The lowest BCUT2D eigenvalue weighted by Crippen LogP contribution is -1.76. The summed E-state index contributed by atoms with van der Waals surface area (Å²) in [6.45, 7) is 4.55. The van der Waals surface area contributed by atoms with Gasteiger partial charge in [-0.15, -0.1) is 10.6 Å². The SMILES string of the molecule is C[CH2][AlH][CH2]C.O=PO. The van der Waals surface area contributed by atoms with Crippen LogP contribution in [0, 0.1) is 0 Å². The van der Waals surface area contributed by atoms with Crippen LogP contribution in [-0.4, -0.2) is 20.1 Å². The zero-order valence-corrected chi connectivity index (χ0v) is 7.73. The molecule has 0 atom stereocenters. The Morgan fingerprint density at radius 1 is 1.50 bits per heavy atom. The largest absolute Gasteiger partial charge is 0.324 e. The molecule has 0 saturated heterocycles. The van der Waals surface area contributed by atoms with Gasteiger partial charge in [-0.05, 0) is 0 Å². The number of hydrogen-bond acceptors (Lipinski definition) is 1. The Hall–Kier alpha value is 0.592. The molecule has 0 radical (unpaired) electrons. The van der Waals surface area contributed by atoms with Gasteiger partial charge < -0.3 is 4.89 Å². The zero-order valence-electron chi connectivity index (χ0n) is 5.42. The van der Waals surface area contributed by atoms with Gasteiger partial charge in [0.25, 0.3) is 0 Å². The summed E-state index contributed by atoms with van der Waals surface area (Å²) in [6.07, 6.45) is 0. The van der Waals surface area contributed by atoms with Gasteiger partial charge in [0.2, 0.25) is 15.2 Å². The molecule has 0 aromatic heterocycles. The number of hydrogen-bond donors (Lipinski definition) is 1. The van der Waals surface area contributed by atoms with Crippen LogP contribution in [0.3, 0.4) is 0 Å². The molecule has 1 N–H and O–H groups in total. The van der Waals surface area contributed by atoms with Gasteiger partial charge in [0.1, 0.15) is 0 Å². The Kier molecular flexibility index (Phi) is 22.3. The summed E-state index contributed by atoms with van der Waals surface area (Å²) in [6, 6.07) is 0. The highest BCUT2D eigenvalue weighted by Crippen LogP contribution is 1.77. The maximum atomic E-state index is 8.46. The zero-order chi connectivity index (χ0) is 6.83. The van der Waals surface area contributed by atoms with Gasteiger partial charge in [0, 0.05) is 0 Å². The van der Waals surface area contributed by atoms with Crippen LogP contribution in [0.4, 0.5) is 0 Å². The molecule has 0 aliphatic heterocycles. The van der Waals surface area contributed by atoms with Crippen molar-refractivity contribution in [1.82, 2.24) is 0 Å². The van der Waals surface area contributed by atoms with E-state index in [0.29, 0.717) is 15.2 Å². The first-order chi connectivity index (χ1) is 3.83. The third-order valence-electron chi connectivity index (χ3n) is 0.707. The second-order valence-electron chi connectivity index (χ2n) is 1.44. The van der Waals surface area contributed by atoms with E-state index in [2.05, 4.69) is 13.8 Å². The van der Waals surface area contributed by atoms with E-state index in [1.807, 2.05) is 0 Å². The van der Waals surface area contributed by atoms with E-state index >= 15 is 0 Å². The third kappa shape index (κ3) is 30.7. The van der Waals surface area contributed by atoms with Crippen molar-refractivity contribution in [2.24, 2.45) is 0 Å². The summed E-state index contributed by atoms with van der Waals surface area (Å²) >= 11 is 0.432. The van der Waals surface area contributed by atoms with Gasteiger partial charge in [-0.1, -0.05) is 13.8 Å². The molecule has 2 nitrogen and oxygen atoms in total. The standard InChI is InChI=1S/2C2H5.Al.HO2P.H/c2*1-2;;1-3-2;/h2*1H2,2H3;;(H,1,2);. The van der Waals surface area contributed by atoms with E-state index in [9.17, 15) is 0 Å². The monoisotopic (exact) mass is 150 g/mol. The van der Waals surface area contributed by atoms with Crippen molar-refractivity contribution < 1.29 is 9.46 Å². The lowest BCUT2D eigenvalue weighted by molar-refractivity contribution is 0.524. The lowest BCUT2D eigenvalue weighted by atomic mass is 10.9. The molecule has 0 unspecified atom stereocenters. The average molecular weight is 150 g/mol. The predicted molar refractivity (Wildman–Crippen MR) is 37.9 cm³/mol. The van der Waals surface area contributed by atoms with Crippen LogP contribution < -0.4 is 0 Å². The average Bonchev–Trinajstić information content (AvgIpc) is 1.71. The van der Waals surface area contributed by atoms with Gasteiger partial charge in [-0.3, -0.25) is 0 Å². The Labute approximate surface area is 58.3 Å².